The highest BCUT2D eigenvalue weighted by Crippen LogP contribution is 2.32. The van der Waals surface area contributed by atoms with E-state index < -0.39 is 23.0 Å². The van der Waals surface area contributed by atoms with E-state index >= 15 is 0 Å². The molecule has 0 bridgehead atoms. The van der Waals surface area contributed by atoms with Gasteiger partial charge in [0.15, 0.2) is 6.10 Å². The lowest BCUT2D eigenvalue weighted by Crippen LogP contribution is -2.31. The fourth-order valence-electron chi connectivity index (χ4n) is 2.01. The molecule has 0 aliphatic carbocycles. The van der Waals surface area contributed by atoms with Crippen LogP contribution in [0.3, 0.4) is 0 Å². The van der Waals surface area contributed by atoms with Gasteiger partial charge in [-0.2, -0.15) is 0 Å². The predicted molar refractivity (Wildman–Crippen MR) is 66.0 cm³/mol. The molecule has 0 saturated carbocycles. The van der Waals surface area contributed by atoms with Crippen LogP contribution >= 0.6 is 0 Å². The van der Waals surface area contributed by atoms with Crippen LogP contribution in [0.5, 0.6) is 0 Å². The van der Waals surface area contributed by atoms with Gasteiger partial charge < -0.3 is 4.74 Å². The number of carbonyl (C=O) groups excluding carboxylic acids is 2. The van der Waals surface area contributed by atoms with E-state index in [1.165, 1.54) is 13.0 Å². The fourth-order valence-corrected chi connectivity index (χ4v) is 2.01. The summed E-state index contributed by atoms with van der Waals surface area (Å²) in [5, 5.41) is 10.9. The molecular formula is C12H12N2O5. The van der Waals surface area contributed by atoms with Gasteiger partial charge in [0, 0.05) is 11.6 Å². The molecule has 7 heteroatoms. The van der Waals surface area contributed by atoms with Crippen LogP contribution in [0.25, 0.3) is 0 Å². The van der Waals surface area contributed by atoms with E-state index in [0.717, 1.165) is 4.90 Å². The molecule has 0 radical (unpaired) electrons. The molecule has 0 N–H and O–H groups in total. The monoisotopic (exact) mass is 264 g/mol. The van der Waals surface area contributed by atoms with Gasteiger partial charge in [0.05, 0.1) is 10.6 Å². The second-order valence-electron chi connectivity index (χ2n) is 4.38. The SMILES string of the molecule is Cc1cc(C)c([N+](=O)[O-])cc1N1C(=O)OC(C)C1=O. The van der Waals surface area contributed by atoms with E-state index in [0.29, 0.717) is 11.1 Å². The van der Waals surface area contributed by atoms with Crippen molar-refractivity contribution in [1.82, 2.24) is 0 Å². The molecule has 100 valence electrons. The van der Waals surface area contributed by atoms with Crippen molar-refractivity contribution in [3.63, 3.8) is 0 Å². The Morgan fingerprint density at radius 2 is 1.89 bits per heavy atom. The summed E-state index contributed by atoms with van der Waals surface area (Å²) in [4.78, 5) is 34.7. The number of hydrogen-bond donors (Lipinski definition) is 0. The Bertz CT molecular complexity index is 596. The Morgan fingerprint density at radius 3 is 2.37 bits per heavy atom. The van der Waals surface area contributed by atoms with E-state index in [-0.39, 0.29) is 11.4 Å². The average molecular weight is 264 g/mol. The summed E-state index contributed by atoms with van der Waals surface area (Å²) in [7, 11) is 0. The number of cyclic esters (lactones) is 1. The van der Waals surface area contributed by atoms with E-state index in [2.05, 4.69) is 0 Å². The molecule has 7 nitrogen and oxygen atoms in total. The largest absolute Gasteiger partial charge is 0.436 e. The van der Waals surface area contributed by atoms with Crippen molar-refractivity contribution in [1.29, 1.82) is 0 Å². The Kier molecular flexibility index (Phi) is 2.97. The van der Waals surface area contributed by atoms with Gasteiger partial charge >= 0.3 is 6.09 Å². The predicted octanol–water partition coefficient (Wildman–Crippen LogP) is 2.08. The number of hydrogen-bond acceptors (Lipinski definition) is 5. The van der Waals surface area contributed by atoms with Crippen molar-refractivity contribution in [2.75, 3.05) is 4.90 Å². The lowest BCUT2D eigenvalue weighted by Gasteiger charge is -2.14. The summed E-state index contributed by atoms with van der Waals surface area (Å²) in [6.45, 7) is 4.73. The third kappa shape index (κ3) is 2.03. The van der Waals surface area contributed by atoms with E-state index in [4.69, 9.17) is 4.74 Å². The van der Waals surface area contributed by atoms with Gasteiger partial charge in [0.1, 0.15) is 0 Å². The molecule has 1 aromatic carbocycles. The van der Waals surface area contributed by atoms with Crippen molar-refractivity contribution in [2.24, 2.45) is 0 Å². The van der Waals surface area contributed by atoms with Crippen LogP contribution in [-0.2, 0) is 9.53 Å². The van der Waals surface area contributed by atoms with Gasteiger partial charge in [-0.05, 0) is 32.4 Å². The van der Waals surface area contributed by atoms with Crippen LogP contribution in [0.2, 0.25) is 0 Å². The van der Waals surface area contributed by atoms with Gasteiger partial charge in [0.2, 0.25) is 0 Å². The number of ether oxygens (including phenoxy) is 1. The van der Waals surface area contributed by atoms with Crippen LogP contribution in [0.1, 0.15) is 18.1 Å². The highest BCUT2D eigenvalue weighted by atomic mass is 16.6. The summed E-state index contributed by atoms with van der Waals surface area (Å²) >= 11 is 0. The maximum atomic E-state index is 11.8. The smallest absolute Gasteiger partial charge is 0.422 e. The number of rotatable bonds is 2. The quantitative estimate of drug-likeness (QED) is 0.602. The number of benzene rings is 1. The molecule has 0 spiro atoms. The summed E-state index contributed by atoms with van der Waals surface area (Å²) in [5.74, 6) is -0.522. The molecule has 1 fully saturated rings. The Hall–Kier alpha value is -2.44. The topological polar surface area (TPSA) is 89.8 Å². The number of anilines is 1. The van der Waals surface area contributed by atoms with Crippen LogP contribution in [0.4, 0.5) is 16.2 Å². The Morgan fingerprint density at radius 1 is 1.26 bits per heavy atom. The standard InChI is InChI=1S/C12H12N2O5/c1-6-4-7(2)10(14(17)18)5-9(6)13-11(15)8(3)19-12(13)16/h4-5,8H,1-3H3. The minimum Gasteiger partial charge on any atom is -0.436 e. The number of nitrogens with zero attached hydrogens (tertiary/aromatic N) is 2. The third-order valence-electron chi connectivity index (χ3n) is 2.98. The minimum absolute atomic E-state index is 0.138. The number of carbonyl (C=O) groups is 2. The first kappa shape index (κ1) is 13.0. The molecule has 2 rings (SSSR count). The zero-order valence-electron chi connectivity index (χ0n) is 10.7. The fraction of sp³-hybridized carbons (Fsp3) is 0.333. The zero-order valence-corrected chi connectivity index (χ0v) is 10.7. The lowest BCUT2D eigenvalue weighted by atomic mass is 10.1. The van der Waals surface area contributed by atoms with Crippen molar-refractivity contribution in [3.8, 4) is 0 Å². The summed E-state index contributed by atoms with van der Waals surface area (Å²) in [5.41, 5.74) is 1.12. The van der Waals surface area contributed by atoms with E-state index in [1.54, 1.807) is 19.9 Å². The van der Waals surface area contributed by atoms with Gasteiger partial charge in [-0.3, -0.25) is 14.9 Å². The van der Waals surface area contributed by atoms with Gasteiger partial charge in [-0.1, -0.05) is 0 Å². The van der Waals surface area contributed by atoms with Gasteiger partial charge in [0.25, 0.3) is 11.6 Å². The molecule has 1 heterocycles. The number of nitro benzene ring substituents is 1. The molecule has 1 saturated heterocycles. The van der Waals surface area contributed by atoms with Crippen molar-refractivity contribution in [3.05, 3.63) is 33.4 Å². The van der Waals surface area contributed by atoms with Crippen molar-refractivity contribution in [2.45, 2.75) is 26.9 Å². The number of aryl methyl sites for hydroxylation is 2. The second kappa shape index (κ2) is 4.34. The minimum atomic E-state index is -0.868. The van der Waals surface area contributed by atoms with Crippen LogP contribution in [0.15, 0.2) is 12.1 Å². The third-order valence-corrected chi connectivity index (χ3v) is 2.98. The Labute approximate surface area is 108 Å². The Balaban J connectivity index is 2.57. The van der Waals surface area contributed by atoms with Crippen LogP contribution < -0.4 is 4.90 Å². The summed E-state index contributed by atoms with van der Waals surface area (Å²) in [6, 6.07) is 2.79. The first-order valence-corrected chi connectivity index (χ1v) is 5.63. The maximum absolute atomic E-state index is 11.8. The first-order chi connectivity index (χ1) is 8.82. The van der Waals surface area contributed by atoms with Crippen LogP contribution in [-0.4, -0.2) is 23.0 Å². The van der Waals surface area contributed by atoms with E-state index in [9.17, 15) is 19.7 Å². The molecule has 2 amide bonds. The number of amides is 2. The number of nitro groups is 1. The highest BCUT2D eigenvalue weighted by molar-refractivity contribution is 6.18. The molecule has 1 aliphatic heterocycles. The lowest BCUT2D eigenvalue weighted by molar-refractivity contribution is -0.385. The van der Waals surface area contributed by atoms with Gasteiger partial charge in [-0.15, -0.1) is 0 Å². The molecule has 1 unspecified atom stereocenters. The van der Waals surface area contributed by atoms with Gasteiger partial charge in [-0.25, -0.2) is 9.69 Å². The highest BCUT2D eigenvalue weighted by Gasteiger charge is 2.40. The van der Waals surface area contributed by atoms with Crippen LogP contribution in [0, 0.1) is 24.0 Å². The zero-order chi connectivity index (χ0) is 14.3. The van der Waals surface area contributed by atoms with Crippen molar-refractivity contribution < 1.29 is 19.2 Å². The second-order valence-corrected chi connectivity index (χ2v) is 4.38. The molecular weight excluding hydrogens is 252 g/mol. The molecule has 1 atom stereocenters. The number of imide groups is 1. The molecule has 0 aromatic heterocycles. The molecule has 1 aromatic rings. The molecule has 1 aliphatic rings. The molecule has 19 heavy (non-hydrogen) atoms. The first-order valence-electron chi connectivity index (χ1n) is 5.63. The summed E-state index contributed by atoms with van der Waals surface area (Å²) in [6.07, 6.45) is -1.67. The van der Waals surface area contributed by atoms with E-state index in [1.807, 2.05) is 0 Å². The van der Waals surface area contributed by atoms with Crippen molar-refractivity contribution >= 4 is 23.4 Å². The summed E-state index contributed by atoms with van der Waals surface area (Å²) < 4.78 is 4.79. The maximum Gasteiger partial charge on any atom is 0.422 e. The normalized spacial score (nSPS) is 18.7. The average Bonchev–Trinajstić information content (AvgIpc) is 2.54.